The Labute approximate surface area is 126 Å². The Morgan fingerprint density at radius 1 is 1.50 bits per heavy atom. The lowest BCUT2D eigenvalue weighted by Gasteiger charge is -2.23. The van der Waals surface area contributed by atoms with Crippen LogP contribution in [0.5, 0.6) is 0 Å². The van der Waals surface area contributed by atoms with E-state index in [0.29, 0.717) is 28.9 Å². The SMILES string of the molecule is CCC(C)N(C)CCNS(=O)(=O)c1c(C)csc1CN. The summed E-state index contributed by atoms with van der Waals surface area (Å²) in [5.74, 6) is 0. The molecule has 1 unspecified atom stereocenters. The van der Waals surface area contributed by atoms with Crippen LogP contribution in [-0.2, 0) is 16.6 Å². The summed E-state index contributed by atoms with van der Waals surface area (Å²) in [6, 6.07) is 0.446. The standard InChI is InChI=1S/C13H25N3O2S2/c1-5-11(3)16(4)7-6-15-20(17,18)13-10(2)9-19-12(13)8-14/h9,11,15H,5-8,14H2,1-4H3. The largest absolute Gasteiger partial charge is 0.326 e. The molecule has 1 aromatic rings. The predicted molar refractivity (Wildman–Crippen MR) is 84.5 cm³/mol. The molecule has 0 aromatic carbocycles. The second-order valence-corrected chi connectivity index (χ2v) is 7.68. The van der Waals surface area contributed by atoms with Gasteiger partial charge < -0.3 is 10.6 Å². The molecule has 0 aliphatic heterocycles. The minimum absolute atomic E-state index is 0.252. The van der Waals surface area contributed by atoms with Gasteiger partial charge >= 0.3 is 0 Å². The van der Waals surface area contributed by atoms with Crippen molar-refractivity contribution in [1.29, 1.82) is 0 Å². The summed E-state index contributed by atoms with van der Waals surface area (Å²) in [5.41, 5.74) is 6.37. The molecular weight excluding hydrogens is 294 g/mol. The Balaban J connectivity index is 2.69. The van der Waals surface area contributed by atoms with Crippen molar-refractivity contribution in [2.45, 2.75) is 44.7 Å². The average molecular weight is 319 g/mol. The van der Waals surface area contributed by atoms with E-state index in [1.165, 1.54) is 11.3 Å². The Hall–Kier alpha value is -0.470. The summed E-state index contributed by atoms with van der Waals surface area (Å²) < 4.78 is 27.3. The van der Waals surface area contributed by atoms with Crippen LogP contribution in [0.25, 0.3) is 0 Å². The number of nitrogens with zero attached hydrogens (tertiary/aromatic N) is 1. The van der Waals surface area contributed by atoms with E-state index in [0.717, 1.165) is 12.0 Å². The quantitative estimate of drug-likeness (QED) is 0.762. The third kappa shape index (κ3) is 4.26. The van der Waals surface area contributed by atoms with E-state index in [2.05, 4.69) is 23.5 Å². The van der Waals surface area contributed by atoms with Crippen LogP contribution in [0.4, 0.5) is 0 Å². The lowest BCUT2D eigenvalue weighted by atomic mass is 10.2. The van der Waals surface area contributed by atoms with Gasteiger partial charge in [-0.1, -0.05) is 6.92 Å². The highest BCUT2D eigenvalue weighted by molar-refractivity contribution is 7.89. The van der Waals surface area contributed by atoms with Gasteiger partial charge in [-0.25, -0.2) is 13.1 Å². The number of rotatable bonds is 8. The zero-order valence-corrected chi connectivity index (χ0v) is 14.3. The fourth-order valence-electron chi connectivity index (χ4n) is 1.95. The fraction of sp³-hybridized carbons (Fsp3) is 0.692. The monoisotopic (exact) mass is 319 g/mol. The molecule has 0 amide bonds. The number of hydrogen-bond acceptors (Lipinski definition) is 5. The third-order valence-corrected chi connectivity index (χ3v) is 6.49. The normalized spacial score (nSPS) is 13.9. The third-order valence-electron chi connectivity index (χ3n) is 3.54. The summed E-state index contributed by atoms with van der Waals surface area (Å²) in [6.07, 6.45) is 1.05. The number of nitrogens with one attached hydrogen (secondary N) is 1. The maximum Gasteiger partial charge on any atom is 0.242 e. The van der Waals surface area contributed by atoms with Gasteiger partial charge in [-0.2, -0.15) is 0 Å². The van der Waals surface area contributed by atoms with E-state index in [1.807, 2.05) is 12.4 Å². The highest BCUT2D eigenvalue weighted by atomic mass is 32.2. The second-order valence-electron chi connectivity index (χ2n) is 5.01. The van der Waals surface area contributed by atoms with Gasteiger partial charge in [0.1, 0.15) is 4.90 Å². The number of sulfonamides is 1. The summed E-state index contributed by atoms with van der Waals surface area (Å²) in [6.45, 7) is 7.40. The highest BCUT2D eigenvalue weighted by Gasteiger charge is 2.22. The van der Waals surface area contributed by atoms with E-state index < -0.39 is 10.0 Å². The van der Waals surface area contributed by atoms with Gasteiger partial charge in [0.2, 0.25) is 10.0 Å². The molecule has 1 atom stereocenters. The molecule has 0 saturated carbocycles. The summed E-state index contributed by atoms with van der Waals surface area (Å²) in [5, 5.41) is 1.84. The Morgan fingerprint density at radius 3 is 2.70 bits per heavy atom. The van der Waals surface area contributed by atoms with Crippen molar-refractivity contribution >= 4 is 21.4 Å². The molecule has 0 radical (unpaired) electrons. The minimum atomic E-state index is -3.46. The van der Waals surface area contributed by atoms with Crippen LogP contribution in [-0.4, -0.2) is 39.5 Å². The van der Waals surface area contributed by atoms with Gasteiger partial charge in [0.15, 0.2) is 0 Å². The van der Waals surface area contributed by atoms with Gasteiger partial charge in [-0.15, -0.1) is 11.3 Å². The predicted octanol–water partition coefficient (Wildman–Crippen LogP) is 1.52. The van der Waals surface area contributed by atoms with Crippen molar-refractivity contribution in [1.82, 2.24) is 9.62 Å². The van der Waals surface area contributed by atoms with Gasteiger partial charge in [0.05, 0.1) is 0 Å². The molecule has 7 heteroatoms. The van der Waals surface area contributed by atoms with Gasteiger partial charge in [0, 0.05) is 30.6 Å². The Bertz CT molecular complexity index is 526. The van der Waals surface area contributed by atoms with Crippen LogP contribution in [0.3, 0.4) is 0 Å². The van der Waals surface area contributed by atoms with Gasteiger partial charge in [-0.05, 0) is 38.3 Å². The van der Waals surface area contributed by atoms with Crippen molar-refractivity contribution < 1.29 is 8.42 Å². The van der Waals surface area contributed by atoms with Crippen LogP contribution in [0.15, 0.2) is 10.3 Å². The van der Waals surface area contributed by atoms with E-state index in [-0.39, 0.29) is 6.54 Å². The van der Waals surface area contributed by atoms with E-state index >= 15 is 0 Å². The summed E-state index contributed by atoms with van der Waals surface area (Å²) in [7, 11) is -1.46. The maximum absolute atomic E-state index is 12.3. The molecule has 116 valence electrons. The number of nitrogens with two attached hydrogens (primary N) is 1. The molecule has 1 rings (SSSR count). The van der Waals surface area contributed by atoms with Crippen molar-refractivity contribution in [3.63, 3.8) is 0 Å². The molecular formula is C13H25N3O2S2. The first kappa shape index (κ1) is 17.6. The Morgan fingerprint density at radius 2 is 2.15 bits per heavy atom. The highest BCUT2D eigenvalue weighted by Crippen LogP contribution is 2.26. The van der Waals surface area contributed by atoms with Crippen molar-refractivity contribution in [2.24, 2.45) is 5.73 Å². The van der Waals surface area contributed by atoms with Crippen molar-refractivity contribution in [3.8, 4) is 0 Å². The lowest BCUT2D eigenvalue weighted by Crippen LogP contribution is -2.37. The van der Waals surface area contributed by atoms with E-state index in [9.17, 15) is 8.42 Å². The van der Waals surface area contributed by atoms with Crippen LogP contribution in [0.2, 0.25) is 0 Å². The molecule has 0 fully saturated rings. The second kappa shape index (κ2) is 7.51. The summed E-state index contributed by atoms with van der Waals surface area (Å²) >= 11 is 1.40. The number of aryl methyl sites for hydroxylation is 1. The molecule has 5 nitrogen and oxygen atoms in total. The first-order valence-electron chi connectivity index (χ1n) is 6.80. The van der Waals surface area contributed by atoms with Crippen LogP contribution >= 0.6 is 11.3 Å². The topological polar surface area (TPSA) is 75.4 Å². The molecule has 0 aliphatic carbocycles. The molecule has 0 spiro atoms. The van der Waals surface area contributed by atoms with E-state index in [1.54, 1.807) is 6.92 Å². The number of hydrogen-bond donors (Lipinski definition) is 2. The minimum Gasteiger partial charge on any atom is -0.326 e. The average Bonchev–Trinajstić information content (AvgIpc) is 2.79. The number of likely N-dealkylation sites (N-methyl/N-ethyl adjacent to an activating group) is 1. The molecule has 0 aliphatic rings. The van der Waals surface area contributed by atoms with Crippen molar-refractivity contribution in [3.05, 3.63) is 15.8 Å². The molecule has 0 bridgehead atoms. The van der Waals surface area contributed by atoms with Crippen LogP contribution in [0.1, 0.15) is 30.7 Å². The van der Waals surface area contributed by atoms with Crippen molar-refractivity contribution in [2.75, 3.05) is 20.1 Å². The molecule has 1 heterocycles. The molecule has 1 aromatic heterocycles. The lowest BCUT2D eigenvalue weighted by molar-refractivity contribution is 0.256. The zero-order chi connectivity index (χ0) is 15.3. The van der Waals surface area contributed by atoms with Gasteiger partial charge in [0.25, 0.3) is 0 Å². The van der Waals surface area contributed by atoms with E-state index in [4.69, 9.17) is 5.73 Å². The summed E-state index contributed by atoms with van der Waals surface area (Å²) in [4.78, 5) is 3.22. The first-order valence-corrected chi connectivity index (χ1v) is 9.16. The number of thiophene rings is 1. The fourth-order valence-corrected chi connectivity index (χ4v) is 4.67. The smallest absolute Gasteiger partial charge is 0.242 e. The molecule has 3 N–H and O–H groups in total. The molecule has 0 saturated heterocycles. The Kier molecular flexibility index (Phi) is 6.60. The zero-order valence-electron chi connectivity index (χ0n) is 12.6. The van der Waals surface area contributed by atoms with Crippen LogP contribution in [0, 0.1) is 6.92 Å². The molecule has 20 heavy (non-hydrogen) atoms. The van der Waals surface area contributed by atoms with Gasteiger partial charge in [-0.3, -0.25) is 0 Å². The van der Waals surface area contributed by atoms with Crippen LogP contribution < -0.4 is 10.5 Å². The first-order chi connectivity index (χ1) is 9.33. The maximum atomic E-state index is 12.3.